The molecule has 0 aliphatic carbocycles. The van der Waals surface area contributed by atoms with Gasteiger partial charge in [0, 0.05) is 30.6 Å². The van der Waals surface area contributed by atoms with E-state index in [1.54, 1.807) is 11.3 Å². The van der Waals surface area contributed by atoms with Crippen LogP contribution in [0.15, 0.2) is 6.20 Å². The minimum atomic E-state index is 0.628. The van der Waals surface area contributed by atoms with Gasteiger partial charge in [-0.3, -0.25) is 0 Å². The third-order valence-electron chi connectivity index (χ3n) is 3.08. The Kier molecular flexibility index (Phi) is 3.72. The fourth-order valence-electron chi connectivity index (χ4n) is 2.15. The highest BCUT2D eigenvalue weighted by atomic mass is 32.1. The molecular formula is C11H19N3S. The summed E-state index contributed by atoms with van der Waals surface area (Å²) in [5, 5.41) is 1.26. The van der Waals surface area contributed by atoms with E-state index in [0.717, 1.165) is 12.3 Å². The zero-order valence-electron chi connectivity index (χ0n) is 9.28. The first-order chi connectivity index (χ1) is 7.31. The fourth-order valence-corrected chi connectivity index (χ4v) is 3.07. The first kappa shape index (κ1) is 11.0. The number of likely N-dealkylation sites (tertiary alicyclic amines) is 1. The molecule has 1 aromatic rings. The van der Waals surface area contributed by atoms with Crippen molar-refractivity contribution in [1.29, 1.82) is 0 Å². The zero-order chi connectivity index (χ0) is 10.7. The molecule has 0 bridgehead atoms. The molecule has 1 unspecified atom stereocenters. The van der Waals surface area contributed by atoms with Crippen LogP contribution in [0.2, 0.25) is 0 Å². The van der Waals surface area contributed by atoms with Crippen molar-refractivity contribution < 1.29 is 0 Å². The van der Waals surface area contributed by atoms with Crippen molar-refractivity contribution >= 4 is 11.3 Å². The molecule has 0 saturated carbocycles. The summed E-state index contributed by atoms with van der Waals surface area (Å²) in [7, 11) is 0. The Hall–Kier alpha value is -0.450. The van der Waals surface area contributed by atoms with E-state index < -0.39 is 0 Å². The van der Waals surface area contributed by atoms with E-state index in [9.17, 15) is 0 Å². The molecule has 2 rings (SSSR count). The Morgan fingerprint density at radius 2 is 2.53 bits per heavy atom. The van der Waals surface area contributed by atoms with Gasteiger partial charge in [0.2, 0.25) is 0 Å². The van der Waals surface area contributed by atoms with Crippen LogP contribution in [0.4, 0.5) is 0 Å². The van der Waals surface area contributed by atoms with Crippen LogP contribution < -0.4 is 5.73 Å². The van der Waals surface area contributed by atoms with Gasteiger partial charge in [-0.1, -0.05) is 6.92 Å². The third-order valence-corrected chi connectivity index (χ3v) is 4.13. The lowest BCUT2D eigenvalue weighted by atomic mass is 10.1. The molecule has 1 aromatic heterocycles. The third kappa shape index (κ3) is 2.77. The lowest BCUT2D eigenvalue weighted by Gasteiger charge is -2.11. The van der Waals surface area contributed by atoms with Gasteiger partial charge in [-0.2, -0.15) is 0 Å². The normalized spacial score (nSPS) is 22.4. The molecule has 84 valence electrons. The number of hydrogen-bond donors (Lipinski definition) is 1. The van der Waals surface area contributed by atoms with Crippen molar-refractivity contribution in [2.75, 3.05) is 19.6 Å². The maximum atomic E-state index is 5.58. The van der Waals surface area contributed by atoms with Gasteiger partial charge >= 0.3 is 0 Å². The highest BCUT2D eigenvalue weighted by Crippen LogP contribution is 2.22. The quantitative estimate of drug-likeness (QED) is 0.844. The van der Waals surface area contributed by atoms with Gasteiger partial charge in [-0.05, 0) is 25.4 Å². The molecule has 15 heavy (non-hydrogen) atoms. The molecule has 3 nitrogen and oxygen atoms in total. The summed E-state index contributed by atoms with van der Waals surface area (Å²) in [4.78, 5) is 8.14. The topological polar surface area (TPSA) is 42.2 Å². The van der Waals surface area contributed by atoms with Crippen LogP contribution in [0.5, 0.6) is 0 Å². The van der Waals surface area contributed by atoms with Crippen molar-refractivity contribution in [3.8, 4) is 0 Å². The Labute approximate surface area is 95.3 Å². The summed E-state index contributed by atoms with van der Waals surface area (Å²) in [6, 6.07) is 0. The maximum Gasteiger partial charge on any atom is 0.0931 e. The Balaban J connectivity index is 1.87. The molecule has 0 amide bonds. The second-order valence-electron chi connectivity index (χ2n) is 4.18. The standard InChI is InChI=1S/C11H19N3S/c1-2-14-4-3-9(8-14)5-11-13-7-10(6-12)15-11/h7,9H,2-6,8,12H2,1H3. The summed E-state index contributed by atoms with van der Waals surface area (Å²) >= 11 is 1.77. The summed E-state index contributed by atoms with van der Waals surface area (Å²) in [5.41, 5.74) is 5.58. The van der Waals surface area contributed by atoms with Crippen molar-refractivity contribution in [2.45, 2.75) is 26.3 Å². The molecule has 2 heterocycles. The van der Waals surface area contributed by atoms with E-state index in [2.05, 4.69) is 16.8 Å². The predicted molar refractivity (Wildman–Crippen MR) is 63.9 cm³/mol. The summed E-state index contributed by atoms with van der Waals surface area (Å²) in [6.07, 6.45) is 4.39. The van der Waals surface area contributed by atoms with Crippen LogP contribution in [0.1, 0.15) is 23.2 Å². The van der Waals surface area contributed by atoms with E-state index in [1.165, 1.54) is 35.9 Å². The summed E-state index contributed by atoms with van der Waals surface area (Å²) in [6.45, 7) is 6.55. The van der Waals surface area contributed by atoms with E-state index >= 15 is 0 Å². The lowest BCUT2D eigenvalue weighted by Crippen LogP contribution is -2.20. The van der Waals surface area contributed by atoms with Crippen molar-refractivity contribution in [2.24, 2.45) is 11.7 Å². The van der Waals surface area contributed by atoms with Crippen LogP contribution in [0, 0.1) is 5.92 Å². The molecule has 0 radical (unpaired) electrons. The first-order valence-electron chi connectivity index (χ1n) is 5.67. The second kappa shape index (κ2) is 5.05. The van der Waals surface area contributed by atoms with Crippen molar-refractivity contribution in [3.05, 3.63) is 16.1 Å². The molecule has 0 spiro atoms. The molecule has 1 fully saturated rings. The van der Waals surface area contributed by atoms with E-state index in [0.29, 0.717) is 6.54 Å². The van der Waals surface area contributed by atoms with Gasteiger partial charge < -0.3 is 10.6 Å². The molecule has 0 aromatic carbocycles. The number of thiazole rings is 1. The molecule has 2 N–H and O–H groups in total. The number of aromatic nitrogens is 1. The summed E-state index contributed by atoms with van der Waals surface area (Å²) < 4.78 is 0. The SMILES string of the molecule is CCN1CCC(Cc2ncc(CN)s2)C1. The number of nitrogens with zero attached hydrogens (tertiary/aromatic N) is 2. The average molecular weight is 225 g/mol. The van der Waals surface area contributed by atoms with Gasteiger partial charge in [-0.25, -0.2) is 4.98 Å². The number of rotatable bonds is 4. The first-order valence-corrected chi connectivity index (χ1v) is 6.49. The Morgan fingerprint density at radius 3 is 3.13 bits per heavy atom. The Morgan fingerprint density at radius 1 is 1.67 bits per heavy atom. The number of hydrogen-bond acceptors (Lipinski definition) is 4. The van der Waals surface area contributed by atoms with Gasteiger partial charge in [0.15, 0.2) is 0 Å². The number of nitrogens with two attached hydrogens (primary N) is 1. The van der Waals surface area contributed by atoms with Gasteiger partial charge in [-0.15, -0.1) is 11.3 Å². The van der Waals surface area contributed by atoms with Crippen LogP contribution in [0.25, 0.3) is 0 Å². The monoisotopic (exact) mass is 225 g/mol. The highest BCUT2D eigenvalue weighted by Gasteiger charge is 2.22. The van der Waals surface area contributed by atoms with Crippen LogP contribution >= 0.6 is 11.3 Å². The maximum absolute atomic E-state index is 5.58. The predicted octanol–water partition coefficient (Wildman–Crippen LogP) is 1.49. The highest BCUT2D eigenvalue weighted by molar-refractivity contribution is 7.11. The van der Waals surface area contributed by atoms with Gasteiger partial charge in [0.05, 0.1) is 5.01 Å². The zero-order valence-corrected chi connectivity index (χ0v) is 10.1. The van der Waals surface area contributed by atoms with Gasteiger partial charge in [0.1, 0.15) is 0 Å². The molecule has 1 atom stereocenters. The Bertz CT molecular complexity index is 311. The van der Waals surface area contributed by atoms with Crippen LogP contribution in [0.3, 0.4) is 0 Å². The van der Waals surface area contributed by atoms with Crippen molar-refractivity contribution in [1.82, 2.24) is 9.88 Å². The molecule has 1 saturated heterocycles. The van der Waals surface area contributed by atoms with Crippen LogP contribution in [-0.4, -0.2) is 29.5 Å². The lowest BCUT2D eigenvalue weighted by molar-refractivity contribution is 0.342. The molecular weight excluding hydrogens is 206 g/mol. The summed E-state index contributed by atoms with van der Waals surface area (Å²) in [5.74, 6) is 0.807. The molecule has 1 aliphatic heterocycles. The smallest absolute Gasteiger partial charge is 0.0931 e. The average Bonchev–Trinajstić information content (AvgIpc) is 2.87. The fraction of sp³-hybridized carbons (Fsp3) is 0.727. The largest absolute Gasteiger partial charge is 0.326 e. The minimum absolute atomic E-state index is 0.628. The molecule has 1 aliphatic rings. The van der Waals surface area contributed by atoms with Gasteiger partial charge in [0.25, 0.3) is 0 Å². The van der Waals surface area contributed by atoms with E-state index in [-0.39, 0.29) is 0 Å². The second-order valence-corrected chi connectivity index (χ2v) is 5.38. The van der Waals surface area contributed by atoms with Crippen LogP contribution in [-0.2, 0) is 13.0 Å². The van der Waals surface area contributed by atoms with Crippen molar-refractivity contribution in [3.63, 3.8) is 0 Å². The van der Waals surface area contributed by atoms with E-state index in [1.807, 2.05) is 6.20 Å². The minimum Gasteiger partial charge on any atom is -0.326 e. The van der Waals surface area contributed by atoms with E-state index in [4.69, 9.17) is 5.73 Å². The molecule has 4 heteroatoms.